The second-order valence-corrected chi connectivity index (χ2v) is 8.48. The molecule has 3 aromatic rings. The Bertz CT molecular complexity index is 1400. The average Bonchev–Trinajstić information content (AvgIpc) is 3.36. The van der Waals surface area contributed by atoms with E-state index in [4.69, 9.17) is 0 Å². The summed E-state index contributed by atoms with van der Waals surface area (Å²) in [7, 11) is 0. The van der Waals surface area contributed by atoms with Crippen LogP contribution in [-0.2, 0) is 0 Å². The second kappa shape index (κ2) is 9.66. The molecule has 3 aromatic carbocycles. The molecule has 0 radical (unpaired) electrons. The van der Waals surface area contributed by atoms with Gasteiger partial charge in [0.2, 0.25) is 0 Å². The maximum atomic E-state index is 15.3. The van der Waals surface area contributed by atoms with Crippen molar-refractivity contribution in [1.29, 1.82) is 0 Å². The van der Waals surface area contributed by atoms with Gasteiger partial charge in [0.1, 0.15) is 34.9 Å². The van der Waals surface area contributed by atoms with E-state index in [9.17, 15) is 44.6 Å². The van der Waals surface area contributed by atoms with Crippen molar-refractivity contribution in [2.75, 3.05) is 6.54 Å². The molecule has 0 saturated heterocycles. The minimum atomic E-state index is -5.92. The molecule has 0 aromatic heterocycles. The highest BCUT2D eigenvalue weighted by atomic mass is 19.2. The SMILES string of the molecule is OC1=[N+]([B-](c2c(F)c(F)c(F)c(F)c2F)(c2c(F)c(F)c(F)c(F)c2F)c2c(F)c(F)c(F)c(F)c2F)CCC1. The summed E-state index contributed by atoms with van der Waals surface area (Å²) in [5.74, 6) is -47.8. The van der Waals surface area contributed by atoms with Gasteiger partial charge < -0.3 is 9.59 Å². The van der Waals surface area contributed by atoms with Crippen molar-refractivity contribution in [3.05, 3.63) is 87.3 Å². The van der Waals surface area contributed by atoms with Gasteiger partial charge in [0.25, 0.3) is 5.90 Å². The lowest BCUT2D eigenvalue weighted by Gasteiger charge is -2.39. The van der Waals surface area contributed by atoms with Crippen molar-refractivity contribution in [1.82, 2.24) is 0 Å². The van der Waals surface area contributed by atoms with Crippen LogP contribution in [0.2, 0.25) is 0 Å². The van der Waals surface area contributed by atoms with Gasteiger partial charge in [-0.1, -0.05) is 0 Å². The minimum absolute atomic E-state index is 0.338. The number of hydrogen-bond acceptors (Lipinski definition) is 0. The van der Waals surface area contributed by atoms with Crippen molar-refractivity contribution in [3.8, 4) is 0 Å². The summed E-state index contributed by atoms with van der Waals surface area (Å²) in [4.78, 5) is 0. The third-order valence-electron chi connectivity index (χ3n) is 6.58. The normalized spacial score (nSPS) is 14.1. The van der Waals surface area contributed by atoms with E-state index in [1.54, 1.807) is 0 Å². The Morgan fingerprint density at radius 2 is 0.625 bits per heavy atom. The fraction of sp³-hybridized carbons (Fsp3) is 0.136. The van der Waals surface area contributed by atoms with E-state index >= 15 is 26.3 Å². The van der Waals surface area contributed by atoms with Gasteiger partial charge in [0, 0.05) is 6.42 Å². The third kappa shape index (κ3) is 3.60. The fourth-order valence-corrected chi connectivity index (χ4v) is 4.96. The van der Waals surface area contributed by atoms with Crippen LogP contribution in [-0.4, -0.2) is 28.3 Å². The van der Waals surface area contributed by atoms with Crippen molar-refractivity contribution in [2.45, 2.75) is 12.8 Å². The molecule has 4 rings (SSSR count). The zero-order valence-electron chi connectivity index (χ0n) is 18.8. The Balaban J connectivity index is 2.54. The molecule has 0 aliphatic carbocycles. The summed E-state index contributed by atoms with van der Waals surface area (Å²) in [5, 5.41) is 10.4. The maximum absolute atomic E-state index is 15.3. The lowest BCUT2D eigenvalue weighted by Crippen LogP contribution is -2.79. The molecule has 18 heteroatoms. The first-order valence-corrected chi connectivity index (χ1v) is 10.6. The van der Waals surface area contributed by atoms with Crippen LogP contribution in [0.4, 0.5) is 65.9 Å². The number of hydrogen-bond donors (Lipinski definition) is 1. The first-order valence-electron chi connectivity index (χ1n) is 10.6. The highest BCUT2D eigenvalue weighted by Crippen LogP contribution is 2.29. The molecular weight excluding hydrogens is 590 g/mol. The van der Waals surface area contributed by atoms with Crippen molar-refractivity contribution in [3.63, 3.8) is 0 Å². The van der Waals surface area contributed by atoms with Crippen LogP contribution in [0.15, 0.2) is 0 Å². The smallest absolute Gasteiger partial charge is 0.375 e. The van der Waals surface area contributed by atoms with Gasteiger partial charge in [-0.2, -0.15) is 0 Å². The molecule has 0 saturated carbocycles. The van der Waals surface area contributed by atoms with E-state index in [0.717, 1.165) is 0 Å². The van der Waals surface area contributed by atoms with Gasteiger partial charge >= 0.3 is 6.28 Å². The summed E-state index contributed by atoms with van der Waals surface area (Å²) in [5.41, 5.74) is -8.34. The highest BCUT2D eigenvalue weighted by molar-refractivity contribution is 7.06. The topological polar surface area (TPSA) is 23.2 Å². The summed E-state index contributed by atoms with van der Waals surface area (Å²) >= 11 is 0. The summed E-state index contributed by atoms with van der Waals surface area (Å²) in [6.07, 6.45) is -7.25. The number of nitrogens with zero attached hydrogens (tertiary/aromatic N) is 1. The zero-order chi connectivity index (χ0) is 30.2. The number of halogens is 15. The summed E-state index contributed by atoms with van der Waals surface area (Å²) < 4.78 is 219. The standard InChI is InChI=1S/C22H7BF15NO/c24-8-5(9(25)15(31)20(36)14(8)30)23(39-3-1-2-4(39)40,6-10(26)16(32)21(37)17(33)11(6)27)7-12(28)18(34)22(38)19(35)13(7)29/h40H,1-3H2. The average molecular weight is 597 g/mol. The number of aliphatic hydroxyl groups is 1. The van der Waals surface area contributed by atoms with Crippen LogP contribution in [0.1, 0.15) is 12.8 Å². The van der Waals surface area contributed by atoms with E-state index in [0.29, 0.717) is 0 Å². The zero-order valence-corrected chi connectivity index (χ0v) is 18.8. The third-order valence-corrected chi connectivity index (χ3v) is 6.58. The monoisotopic (exact) mass is 597 g/mol. The first kappa shape index (κ1) is 29.1. The van der Waals surface area contributed by atoms with E-state index in [1.165, 1.54) is 0 Å². The first-order chi connectivity index (χ1) is 18.5. The molecule has 0 atom stereocenters. The molecule has 0 bridgehead atoms. The Kier molecular flexibility index (Phi) is 7.03. The van der Waals surface area contributed by atoms with E-state index in [2.05, 4.69) is 0 Å². The molecule has 40 heavy (non-hydrogen) atoms. The summed E-state index contributed by atoms with van der Waals surface area (Å²) in [6.45, 7) is -1.16. The van der Waals surface area contributed by atoms with Gasteiger partial charge in [0.15, 0.2) is 52.4 Å². The molecule has 2 nitrogen and oxygen atoms in total. The Morgan fingerprint density at radius 3 is 0.825 bits per heavy atom. The molecule has 1 aliphatic rings. The van der Waals surface area contributed by atoms with Gasteiger partial charge in [-0.3, -0.25) is 0 Å². The van der Waals surface area contributed by atoms with Crippen LogP contribution >= 0.6 is 0 Å². The Hall–Kier alpha value is -3.86. The largest absolute Gasteiger partial charge is 0.467 e. The van der Waals surface area contributed by atoms with Gasteiger partial charge in [0.05, 0.1) is 13.0 Å². The highest BCUT2D eigenvalue weighted by Gasteiger charge is 2.58. The van der Waals surface area contributed by atoms with Crippen LogP contribution in [0.25, 0.3) is 0 Å². The number of aliphatic hydroxyl groups excluding tert-OH is 1. The van der Waals surface area contributed by atoms with Gasteiger partial charge in [-0.25, -0.2) is 65.9 Å². The number of rotatable bonds is 4. The van der Waals surface area contributed by atoms with E-state index in [-0.39, 0.29) is 4.49 Å². The van der Waals surface area contributed by atoms with Crippen LogP contribution in [0, 0.1) is 87.3 Å². The molecule has 1 aliphatic heterocycles. The van der Waals surface area contributed by atoms with Crippen molar-refractivity contribution in [2.24, 2.45) is 0 Å². The molecular formula is C22H7BF15NO. The van der Waals surface area contributed by atoms with Gasteiger partial charge in [-0.15, -0.1) is 0 Å². The van der Waals surface area contributed by atoms with Crippen LogP contribution in [0.5, 0.6) is 0 Å². The van der Waals surface area contributed by atoms with Crippen molar-refractivity contribution >= 4 is 28.6 Å². The minimum Gasteiger partial charge on any atom is -0.467 e. The maximum Gasteiger partial charge on any atom is 0.375 e. The molecule has 0 fully saturated rings. The Labute approximate surface area is 211 Å². The number of benzene rings is 3. The molecule has 0 spiro atoms. The lowest BCUT2D eigenvalue weighted by molar-refractivity contribution is -0.391. The van der Waals surface area contributed by atoms with E-state index < -0.39 is 135 Å². The molecule has 0 amide bonds. The lowest BCUT2D eigenvalue weighted by atomic mass is 9.23. The quantitative estimate of drug-likeness (QED) is 0.204. The van der Waals surface area contributed by atoms with E-state index in [1.807, 2.05) is 0 Å². The van der Waals surface area contributed by atoms with Crippen LogP contribution < -0.4 is 16.4 Å². The van der Waals surface area contributed by atoms with Gasteiger partial charge in [-0.05, 0) is 16.4 Å². The van der Waals surface area contributed by atoms with Crippen LogP contribution in [0.3, 0.4) is 0 Å². The molecule has 0 unspecified atom stereocenters. The summed E-state index contributed by atoms with van der Waals surface area (Å²) in [6, 6.07) is 0. The molecule has 1 heterocycles. The fourth-order valence-electron chi connectivity index (χ4n) is 4.96. The predicted octanol–water partition coefficient (Wildman–Crippen LogP) is 4.50. The predicted molar refractivity (Wildman–Crippen MR) is 105 cm³/mol. The molecule has 1 N–H and O–H groups in total. The second-order valence-electron chi connectivity index (χ2n) is 8.48. The molecule has 214 valence electrons. The van der Waals surface area contributed by atoms with Crippen molar-refractivity contribution < 1.29 is 75.4 Å². The Morgan fingerprint density at radius 1 is 0.400 bits per heavy atom.